The molecule has 1 unspecified atom stereocenters. The highest BCUT2D eigenvalue weighted by atomic mass is 35.5. The molecule has 0 bridgehead atoms. The van der Waals surface area contributed by atoms with Crippen LogP contribution in [0.25, 0.3) is 5.76 Å². The van der Waals surface area contributed by atoms with Gasteiger partial charge in [0.2, 0.25) is 0 Å². The van der Waals surface area contributed by atoms with Gasteiger partial charge in [-0.05, 0) is 50.3 Å². The van der Waals surface area contributed by atoms with Crippen molar-refractivity contribution >= 4 is 29.1 Å². The lowest BCUT2D eigenvalue weighted by molar-refractivity contribution is -0.140. The van der Waals surface area contributed by atoms with Crippen molar-refractivity contribution in [3.8, 4) is 5.75 Å². The van der Waals surface area contributed by atoms with Gasteiger partial charge in [0.15, 0.2) is 0 Å². The van der Waals surface area contributed by atoms with E-state index in [1.54, 1.807) is 24.3 Å². The van der Waals surface area contributed by atoms with E-state index in [-0.39, 0.29) is 11.3 Å². The smallest absolute Gasteiger partial charge is 0.295 e. The molecule has 3 rings (SSSR count). The van der Waals surface area contributed by atoms with E-state index in [1.165, 1.54) is 17.2 Å². The predicted octanol–water partition coefficient (Wildman–Crippen LogP) is 4.10. The van der Waals surface area contributed by atoms with Gasteiger partial charge in [0, 0.05) is 18.7 Å². The molecule has 166 valence electrons. The molecule has 2 aromatic rings. The number of nitrogens with zero attached hydrogens (tertiary/aromatic N) is 2. The zero-order valence-electron chi connectivity index (χ0n) is 17.9. The van der Waals surface area contributed by atoms with Crippen LogP contribution in [0.3, 0.4) is 0 Å². The van der Waals surface area contributed by atoms with Crippen LogP contribution in [0.2, 0.25) is 5.02 Å². The monoisotopic (exact) mass is 446 g/mol. The second-order valence-corrected chi connectivity index (χ2v) is 7.52. The lowest BCUT2D eigenvalue weighted by atomic mass is 9.99. The van der Waals surface area contributed by atoms with Crippen LogP contribution >= 0.6 is 11.6 Å². The number of aliphatic hydroxyl groups is 1. The molecule has 7 nitrogen and oxygen atoms in total. The summed E-state index contributed by atoms with van der Waals surface area (Å²) in [6, 6.07) is 7.32. The SMILES string of the molecule is CCOc1ccc(/C(O)=C2\C(=O)C(=O)N(CCN(CC)CC)C2c2ccco2)cc1Cl. The molecule has 8 heteroatoms. The zero-order valence-corrected chi connectivity index (χ0v) is 18.7. The number of halogens is 1. The lowest BCUT2D eigenvalue weighted by Crippen LogP contribution is -2.37. The molecular formula is C23H27ClN2O5. The van der Waals surface area contributed by atoms with Crippen LogP contribution in [-0.2, 0) is 9.59 Å². The van der Waals surface area contributed by atoms with Crippen LogP contribution in [0.5, 0.6) is 5.75 Å². The fourth-order valence-corrected chi connectivity index (χ4v) is 3.95. The number of ether oxygens (including phenoxy) is 1. The second-order valence-electron chi connectivity index (χ2n) is 7.11. The maximum Gasteiger partial charge on any atom is 0.295 e. The Balaban J connectivity index is 2.03. The highest BCUT2D eigenvalue weighted by Crippen LogP contribution is 2.40. The van der Waals surface area contributed by atoms with E-state index in [1.807, 2.05) is 20.8 Å². The first-order valence-corrected chi connectivity index (χ1v) is 10.8. The number of furan rings is 1. The van der Waals surface area contributed by atoms with Gasteiger partial charge in [-0.25, -0.2) is 0 Å². The number of ketones is 1. The normalized spacial score (nSPS) is 18.2. The molecule has 1 aliphatic heterocycles. The van der Waals surface area contributed by atoms with Crippen molar-refractivity contribution in [2.24, 2.45) is 0 Å². The molecular weight excluding hydrogens is 420 g/mol. The maximum absolute atomic E-state index is 13.0. The number of likely N-dealkylation sites (tertiary alicyclic amines) is 1. The Morgan fingerprint density at radius 3 is 2.55 bits per heavy atom. The van der Waals surface area contributed by atoms with Crippen molar-refractivity contribution in [2.45, 2.75) is 26.8 Å². The van der Waals surface area contributed by atoms with E-state index < -0.39 is 17.7 Å². The van der Waals surface area contributed by atoms with E-state index in [0.717, 1.165) is 13.1 Å². The molecule has 1 saturated heterocycles. The Morgan fingerprint density at radius 1 is 1.23 bits per heavy atom. The average Bonchev–Trinajstić information content (AvgIpc) is 3.38. The zero-order chi connectivity index (χ0) is 22.5. The van der Waals surface area contributed by atoms with E-state index in [9.17, 15) is 14.7 Å². The number of benzene rings is 1. The van der Waals surface area contributed by atoms with Crippen molar-refractivity contribution in [3.05, 3.63) is 58.5 Å². The van der Waals surface area contributed by atoms with Gasteiger partial charge in [-0.3, -0.25) is 9.59 Å². The highest BCUT2D eigenvalue weighted by Gasteiger charge is 2.47. The summed E-state index contributed by atoms with van der Waals surface area (Å²) in [5, 5.41) is 11.3. The first kappa shape index (κ1) is 22.9. The Bertz CT molecular complexity index is 966. The third kappa shape index (κ3) is 4.62. The molecule has 1 atom stereocenters. The molecule has 1 fully saturated rings. The van der Waals surface area contributed by atoms with Gasteiger partial charge < -0.3 is 24.1 Å². The molecule has 1 aliphatic rings. The van der Waals surface area contributed by atoms with E-state index in [2.05, 4.69) is 4.90 Å². The Labute approximate surface area is 186 Å². The number of carbonyl (C=O) groups is 2. The third-order valence-electron chi connectivity index (χ3n) is 5.41. The van der Waals surface area contributed by atoms with Crippen LogP contribution in [0.15, 0.2) is 46.6 Å². The van der Waals surface area contributed by atoms with E-state index in [0.29, 0.717) is 41.8 Å². The number of hydrogen-bond donors (Lipinski definition) is 1. The van der Waals surface area contributed by atoms with Crippen LogP contribution in [-0.4, -0.2) is 59.4 Å². The first-order chi connectivity index (χ1) is 14.9. The lowest BCUT2D eigenvalue weighted by Gasteiger charge is -2.26. The summed E-state index contributed by atoms with van der Waals surface area (Å²) in [6.45, 7) is 8.96. The summed E-state index contributed by atoms with van der Waals surface area (Å²) in [6.07, 6.45) is 1.48. The number of aliphatic hydroxyl groups excluding tert-OH is 1. The fraction of sp³-hybridized carbons (Fsp3) is 0.391. The molecule has 0 saturated carbocycles. The standard InChI is InChI=1S/C23H27ClN2O5/c1-4-25(5-2)11-12-26-20(18-8-7-13-31-18)19(22(28)23(26)29)21(27)15-9-10-17(30-6-3)16(24)14-15/h7-10,13-14,20,27H,4-6,11-12H2,1-3H3/b21-19+. The summed E-state index contributed by atoms with van der Waals surface area (Å²) in [4.78, 5) is 29.4. The molecule has 0 spiro atoms. The molecule has 1 amide bonds. The Morgan fingerprint density at radius 2 is 1.97 bits per heavy atom. The maximum atomic E-state index is 13.0. The number of hydrogen-bond acceptors (Lipinski definition) is 6. The summed E-state index contributed by atoms with van der Waals surface area (Å²) in [5.74, 6) is -0.814. The predicted molar refractivity (Wildman–Crippen MR) is 118 cm³/mol. The van der Waals surface area contributed by atoms with Crippen molar-refractivity contribution < 1.29 is 23.8 Å². The van der Waals surface area contributed by atoms with Crippen molar-refractivity contribution in [3.63, 3.8) is 0 Å². The number of Topliss-reactive ketones (excluding diaryl/α,β-unsaturated/α-hetero) is 1. The topological polar surface area (TPSA) is 83.2 Å². The largest absolute Gasteiger partial charge is 0.507 e. The molecule has 31 heavy (non-hydrogen) atoms. The molecule has 2 heterocycles. The number of carbonyl (C=O) groups excluding carboxylic acids is 2. The number of likely N-dealkylation sites (N-methyl/N-ethyl adjacent to an activating group) is 1. The summed E-state index contributed by atoms with van der Waals surface area (Å²) < 4.78 is 11.0. The van der Waals surface area contributed by atoms with Crippen LogP contribution in [0.1, 0.15) is 38.1 Å². The van der Waals surface area contributed by atoms with Gasteiger partial charge in [0.25, 0.3) is 11.7 Å². The molecule has 0 radical (unpaired) electrons. The van der Waals surface area contributed by atoms with Crippen LogP contribution < -0.4 is 4.74 Å². The number of rotatable bonds is 9. The molecule has 1 aromatic heterocycles. The number of amides is 1. The molecule has 1 N–H and O–H groups in total. The van der Waals surface area contributed by atoms with Crippen molar-refractivity contribution in [1.29, 1.82) is 0 Å². The van der Waals surface area contributed by atoms with Gasteiger partial charge >= 0.3 is 0 Å². The van der Waals surface area contributed by atoms with Crippen molar-refractivity contribution in [2.75, 3.05) is 32.8 Å². The second kappa shape index (κ2) is 10.0. The van der Waals surface area contributed by atoms with Crippen LogP contribution in [0, 0.1) is 0 Å². The van der Waals surface area contributed by atoms with Gasteiger partial charge in [-0.15, -0.1) is 0 Å². The van der Waals surface area contributed by atoms with E-state index >= 15 is 0 Å². The minimum absolute atomic E-state index is 0.0141. The van der Waals surface area contributed by atoms with Gasteiger partial charge in [-0.2, -0.15) is 0 Å². The summed E-state index contributed by atoms with van der Waals surface area (Å²) in [7, 11) is 0. The van der Waals surface area contributed by atoms with E-state index in [4.69, 9.17) is 20.8 Å². The minimum atomic E-state index is -0.809. The first-order valence-electron chi connectivity index (χ1n) is 10.4. The summed E-state index contributed by atoms with van der Waals surface area (Å²) in [5.41, 5.74) is 0.312. The van der Waals surface area contributed by atoms with Gasteiger partial charge in [-0.1, -0.05) is 25.4 Å². The molecule has 1 aromatic carbocycles. The third-order valence-corrected chi connectivity index (χ3v) is 5.70. The summed E-state index contributed by atoms with van der Waals surface area (Å²) >= 11 is 6.26. The van der Waals surface area contributed by atoms with Crippen LogP contribution in [0.4, 0.5) is 0 Å². The minimum Gasteiger partial charge on any atom is -0.507 e. The Hall–Kier alpha value is -2.77. The quantitative estimate of drug-likeness (QED) is 0.355. The van der Waals surface area contributed by atoms with Crippen molar-refractivity contribution in [1.82, 2.24) is 9.80 Å². The molecule has 0 aliphatic carbocycles. The van der Waals surface area contributed by atoms with Gasteiger partial charge in [0.1, 0.15) is 23.3 Å². The fourth-order valence-electron chi connectivity index (χ4n) is 3.72. The Kier molecular flexibility index (Phi) is 7.41. The van der Waals surface area contributed by atoms with Gasteiger partial charge in [0.05, 0.1) is 23.5 Å². The highest BCUT2D eigenvalue weighted by molar-refractivity contribution is 6.46. The average molecular weight is 447 g/mol.